The number of nitrogens with zero attached hydrogens (tertiary/aromatic N) is 5. The van der Waals surface area contributed by atoms with Crippen molar-refractivity contribution in [1.29, 1.82) is 0 Å². The van der Waals surface area contributed by atoms with E-state index < -0.39 is 0 Å². The second-order valence-electron chi connectivity index (χ2n) is 3.94. The summed E-state index contributed by atoms with van der Waals surface area (Å²) >= 11 is 0. The first-order chi connectivity index (χ1) is 9.33. The van der Waals surface area contributed by atoms with Crippen LogP contribution in [0.1, 0.15) is 5.82 Å². The van der Waals surface area contributed by atoms with E-state index >= 15 is 0 Å². The quantitative estimate of drug-likeness (QED) is 0.761. The summed E-state index contributed by atoms with van der Waals surface area (Å²) in [6.07, 6.45) is 1.50. The zero-order chi connectivity index (χ0) is 13.1. The highest BCUT2D eigenvalue weighted by Gasteiger charge is 2.08. The van der Waals surface area contributed by atoms with Gasteiger partial charge in [0.25, 0.3) is 11.8 Å². The monoisotopic (exact) mass is 256 g/mol. The normalized spacial score (nSPS) is 10.6. The molecule has 7 nitrogen and oxygen atoms in total. The molecule has 0 aliphatic heterocycles. The van der Waals surface area contributed by atoms with Crippen molar-refractivity contribution in [3.63, 3.8) is 0 Å². The lowest BCUT2D eigenvalue weighted by molar-refractivity contribution is 0.432. The van der Waals surface area contributed by atoms with Gasteiger partial charge < -0.3 is 9.84 Å². The van der Waals surface area contributed by atoms with E-state index in [1.54, 1.807) is 4.68 Å². The number of aryl methyl sites for hydroxylation is 1. The molecular weight excluding hydrogens is 244 g/mol. The highest BCUT2D eigenvalue weighted by Crippen LogP contribution is 2.17. The van der Waals surface area contributed by atoms with E-state index in [0.717, 1.165) is 11.4 Å². The van der Waals surface area contributed by atoms with Crippen LogP contribution in [0, 0.1) is 0 Å². The topological polar surface area (TPSA) is 81.7 Å². The molecule has 0 aliphatic rings. The second-order valence-corrected chi connectivity index (χ2v) is 3.94. The maximum atomic E-state index is 5.18. The molecule has 0 amide bonds. The molecule has 0 unspecified atom stereocenters. The van der Waals surface area contributed by atoms with Crippen molar-refractivity contribution in [3.05, 3.63) is 42.5 Å². The molecule has 1 aromatic carbocycles. The lowest BCUT2D eigenvalue weighted by Crippen LogP contribution is -2.07. The third-order valence-electron chi connectivity index (χ3n) is 2.66. The second kappa shape index (κ2) is 4.89. The SMILES string of the molecule is Cn1ncnc1CNc1noc(-c2ccccc2)n1. The van der Waals surface area contributed by atoms with Crippen LogP contribution in [-0.4, -0.2) is 24.9 Å². The molecular formula is C12H12N6O. The maximum Gasteiger partial charge on any atom is 0.264 e. The first-order valence-corrected chi connectivity index (χ1v) is 5.79. The number of hydrogen-bond acceptors (Lipinski definition) is 6. The molecule has 0 fully saturated rings. The molecule has 3 rings (SSSR count). The molecule has 2 heterocycles. The Kier molecular flexibility index (Phi) is 2.93. The minimum Gasteiger partial charge on any atom is -0.344 e. The number of rotatable bonds is 4. The zero-order valence-electron chi connectivity index (χ0n) is 10.3. The average Bonchev–Trinajstić information content (AvgIpc) is 3.06. The molecule has 0 atom stereocenters. The van der Waals surface area contributed by atoms with Crippen molar-refractivity contribution >= 4 is 5.95 Å². The molecule has 0 saturated carbocycles. The van der Waals surface area contributed by atoms with Crippen molar-refractivity contribution < 1.29 is 4.52 Å². The number of nitrogens with one attached hydrogen (secondary N) is 1. The minimum absolute atomic E-state index is 0.432. The van der Waals surface area contributed by atoms with Gasteiger partial charge >= 0.3 is 0 Å². The van der Waals surface area contributed by atoms with E-state index in [4.69, 9.17) is 4.52 Å². The largest absolute Gasteiger partial charge is 0.344 e. The number of aromatic nitrogens is 5. The Morgan fingerprint density at radius 2 is 2.11 bits per heavy atom. The number of anilines is 1. The van der Waals surface area contributed by atoms with E-state index in [-0.39, 0.29) is 0 Å². The van der Waals surface area contributed by atoms with Gasteiger partial charge in [-0.25, -0.2) is 4.98 Å². The summed E-state index contributed by atoms with van der Waals surface area (Å²) in [5.74, 6) is 1.72. The molecule has 7 heteroatoms. The standard InChI is InChI=1S/C12H12N6O/c1-18-10(14-8-15-18)7-13-12-16-11(19-17-12)9-5-3-2-4-6-9/h2-6,8H,7H2,1H3,(H,13,17). The lowest BCUT2D eigenvalue weighted by atomic mass is 10.2. The van der Waals surface area contributed by atoms with E-state index in [2.05, 4.69) is 25.5 Å². The first kappa shape index (κ1) is 11.4. The van der Waals surface area contributed by atoms with Crippen LogP contribution < -0.4 is 5.32 Å². The summed E-state index contributed by atoms with van der Waals surface area (Å²) in [5.41, 5.74) is 0.890. The summed E-state index contributed by atoms with van der Waals surface area (Å²) in [6.45, 7) is 0.490. The molecule has 19 heavy (non-hydrogen) atoms. The molecule has 96 valence electrons. The average molecular weight is 256 g/mol. The van der Waals surface area contributed by atoms with Crippen LogP contribution >= 0.6 is 0 Å². The fourth-order valence-corrected chi connectivity index (χ4v) is 1.63. The number of benzene rings is 1. The van der Waals surface area contributed by atoms with Gasteiger partial charge in [-0.1, -0.05) is 18.2 Å². The highest BCUT2D eigenvalue weighted by atomic mass is 16.5. The van der Waals surface area contributed by atoms with Crippen molar-refractivity contribution in [1.82, 2.24) is 24.9 Å². The van der Waals surface area contributed by atoms with Gasteiger partial charge in [-0.2, -0.15) is 10.1 Å². The fraction of sp³-hybridized carbons (Fsp3) is 0.167. The Balaban J connectivity index is 1.70. The minimum atomic E-state index is 0.432. The molecule has 1 N–H and O–H groups in total. The van der Waals surface area contributed by atoms with Gasteiger partial charge in [-0.05, 0) is 17.3 Å². The van der Waals surface area contributed by atoms with E-state index in [9.17, 15) is 0 Å². The fourth-order valence-electron chi connectivity index (χ4n) is 1.63. The molecule has 0 spiro atoms. The summed E-state index contributed by atoms with van der Waals surface area (Å²) in [4.78, 5) is 8.36. The van der Waals surface area contributed by atoms with E-state index in [1.165, 1.54) is 6.33 Å². The van der Waals surface area contributed by atoms with Crippen molar-refractivity contribution in [2.24, 2.45) is 7.05 Å². The van der Waals surface area contributed by atoms with Crippen LogP contribution in [-0.2, 0) is 13.6 Å². The van der Waals surface area contributed by atoms with Crippen LogP contribution in [0.5, 0.6) is 0 Å². The predicted molar refractivity (Wildman–Crippen MR) is 68.1 cm³/mol. The van der Waals surface area contributed by atoms with Crippen LogP contribution in [0.2, 0.25) is 0 Å². The van der Waals surface area contributed by atoms with Gasteiger partial charge in [-0.3, -0.25) is 4.68 Å². The van der Waals surface area contributed by atoms with E-state index in [0.29, 0.717) is 18.4 Å². The van der Waals surface area contributed by atoms with Crippen LogP contribution in [0.4, 0.5) is 5.95 Å². The molecule has 3 aromatic rings. The van der Waals surface area contributed by atoms with Crippen molar-refractivity contribution in [2.45, 2.75) is 6.54 Å². The molecule has 0 saturated heterocycles. The molecule has 0 radical (unpaired) electrons. The third-order valence-corrected chi connectivity index (χ3v) is 2.66. The van der Waals surface area contributed by atoms with Crippen molar-refractivity contribution in [3.8, 4) is 11.5 Å². The number of hydrogen-bond donors (Lipinski definition) is 1. The van der Waals surface area contributed by atoms with Crippen LogP contribution in [0.15, 0.2) is 41.2 Å². The first-order valence-electron chi connectivity index (χ1n) is 5.79. The Labute approximate surface area is 109 Å². The zero-order valence-corrected chi connectivity index (χ0v) is 10.3. The summed E-state index contributed by atoms with van der Waals surface area (Å²) in [5, 5.41) is 10.9. The van der Waals surface area contributed by atoms with Gasteiger partial charge in [0.15, 0.2) is 0 Å². The Bertz CT molecular complexity index is 660. The Morgan fingerprint density at radius 3 is 2.84 bits per heavy atom. The molecule has 0 aliphatic carbocycles. The van der Waals surface area contributed by atoms with E-state index in [1.807, 2.05) is 37.4 Å². The van der Waals surface area contributed by atoms with Gasteiger partial charge in [-0.15, -0.1) is 0 Å². The highest BCUT2D eigenvalue weighted by molar-refractivity contribution is 5.53. The molecule has 0 bridgehead atoms. The predicted octanol–water partition coefficient (Wildman–Crippen LogP) is 1.48. The Hall–Kier alpha value is -2.70. The molecule has 2 aromatic heterocycles. The lowest BCUT2D eigenvalue weighted by Gasteiger charge is -1.99. The van der Waals surface area contributed by atoms with Crippen molar-refractivity contribution in [2.75, 3.05) is 5.32 Å². The van der Waals surface area contributed by atoms with Gasteiger partial charge in [0.05, 0.1) is 6.54 Å². The Morgan fingerprint density at radius 1 is 1.26 bits per heavy atom. The maximum absolute atomic E-state index is 5.18. The van der Waals surface area contributed by atoms with Gasteiger partial charge in [0, 0.05) is 12.6 Å². The van der Waals surface area contributed by atoms with Gasteiger partial charge in [0.1, 0.15) is 12.2 Å². The third kappa shape index (κ3) is 2.44. The summed E-state index contributed by atoms with van der Waals surface area (Å²) in [7, 11) is 1.83. The van der Waals surface area contributed by atoms with Gasteiger partial charge in [0.2, 0.25) is 0 Å². The van der Waals surface area contributed by atoms with Crippen LogP contribution in [0.25, 0.3) is 11.5 Å². The summed E-state index contributed by atoms with van der Waals surface area (Å²) in [6, 6.07) is 9.62. The smallest absolute Gasteiger partial charge is 0.264 e. The summed E-state index contributed by atoms with van der Waals surface area (Å²) < 4.78 is 6.87. The van der Waals surface area contributed by atoms with Crippen LogP contribution in [0.3, 0.4) is 0 Å².